The minimum Gasteiger partial charge on any atom is -0.481 e. The lowest BCUT2D eigenvalue weighted by molar-refractivity contribution is -0.142. The Labute approximate surface area is 105 Å². The molecule has 1 aromatic heterocycles. The van der Waals surface area contributed by atoms with Crippen molar-refractivity contribution in [3.8, 4) is 0 Å². The Morgan fingerprint density at radius 3 is 2.76 bits per heavy atom. The van der Waals surface area contributed by atoms with E-state index in [2.05, 4.69) is 15.2 Å². The van der Waals surface area contributed by atoms with Crippen LogP contribution in [0.5, 0.6) is 0 Å². The van der Waals surface area contributed by atoms with Gasteiger partial charge in [-0.25, -0.2) is 4.98 Å². The molecule has 1 heterocycles. The van der Waals surface area contributed by atoms with Crippen molar-refractivity contribution >= 4 is 22.4 Å². The van der Waals surface area contributed by atoms with Crippen LogP contribution in [-0.4, -0.2) is 48.1 Å². The Balaban J connectivity index is 2.62. The number of thiazole rings is 1. The van der Waals surface area contributed by atoms with Gasteiger partial charge in [0.15, 0.2) is 5.13 Å². The molecule has 0 saturated heterocycles. The fraction of sp³-hybridized carbons (Fsp3) is 0.636. The number of carbonyl (C=O) groups is 1. The van der Waals surface area contributed by atoms with Gasteiger partial charge in [-0.1, -0.05) is 0 Å². The first-order chi connectivity index (χ1) is 7.84. The largest absolute Gasteiger partial charge is 0.481 e. The highest BCUT2D eigenvalue weighted by molar-refractivity contribution is 7.13. The fourth-order valence-corrected chi connectivity index (χ4v) is 2.05. The number of anilines is 1. The molecule has 17 heavy (non-hydrogen) atoms. The molecule has 0 aliphatic carbocycles. The van der Waals surface area contributed by atoms with E-state index in [1.54, 1.807) is 19.2 Å². The number of aliphatic carboxylic acids is 1. The molecular formula is C11H19N3O2S. The molecule has 0 unspecified atom stereocenters. The van der Waals surface area contributed by atoms with E-state index in [0.29, 0.717) is 5.69 Å². The summed E-state index contributed by atoms with van der Waals surface area (Å²) in [5.41, 5.74) is -0.333. The van der Waals surface area contributed by atoms with Crippen molar-refractivity contribution < 1.29 is 9.90 Å². The Hall–Kier alpha value is -1.14. The second-order valence-corrected chi connectivity index (χ2v) is 5.56. The number of carboxylic acids is 1. The number of nitrogens with zero attached hydrogens (tertiary/aromatic N) is 2. The third-order valence-corrected chi connectivity index (χ3v) is 3.31. The normalized spacial score (nSPS) is 11.8. The van der Waals surface area contributed by atoms with Crippen molar-refractivity contribution in [1.82, 2.24) is 9.88 Å². The first-order valence-corrected chi connectivity index (χ1v) is 6.30. The molecule has 1 rings (SSSR count). The Morgan fingerprint density at radius 2 is 2.24 bits per heavy atom. The molecule has 0 fully saturated rings. The highest BCUT2D eigenvalue weighted by Crippen LogP contribution is 2.27. The van der Waals surface area contributed by atoms with Gasteiger partial charge in [-0.3, -0.25) is 4.79 Å². The molecule has 0 aromatic carbocycles. The molecule has 1 aromatic rings. The lowest BCUT2D eigenvalue weighted by atomic mass is 9.90. The predicted molar refractivity (Wildman–Crippen MR) is 69.8 cm³/mol. The number of nitrogens with one attached hydrogen (secondary N) is 1. The second-order valence-electron chi connectivity index (χ2n) is 4.70. The summed E-state index contributed by atoms with van der Waals surface area (Å²) in [7, 11) is 4.00. The van der Waals surface area contributed by atoms with Crippen LogP contribution in [-0.2, 0) is 10.2 Å². The average molecular weight is 257 g/mol. The summed E-state index contributed by atoms with van der Waals surface area (Å²) in [6.07, 6.45) is 0. The average Bonchev–Trinajstić information content (AvgIpc) is 2.66. The Bertz CT molecular complexity index is 388. The number of carboxylic acid groups (broad SMARTS) is 1. The SMILES string of the molecule is CN(C)CCNc1nc(C(C)(C)C(=O)O)cs1. The summed E-state index contributed by atoms with van der Waals surface area (Å²) in [4.78, 5) is 17.5. The zero-order valence-corrected chi connectivity index (χ0v) is 11.5. The lowest BCUT2D eigenvalue weighted by Crippen LogP contribution is -2.29. The third-order valence-electron chi connectivity index (χ3n) is 2.51. The maximum absolute atomic E-state index is 11.1. The van der Waals surface area contributed by atoms with Gasteiger partial charge in [-0.2, -0.15) is 0 Å². The molecule has 0 saturated carbocycles. The third kappa shape index (κ3) is 3.67. The van der Waals surface area contributed by atoms with Gasteiger partial charge in [-0.15, -0.1) is 11.3 Å². The number of likely N-dealkylation sites (N-methyl/N-ethyl adjacent to an activating group) is 1. The van der Waals surface area contributed by atoms with Crippen LogP contribution in [0.4, 0.5) is 5.13 Å². The zero-order chi connectivity index (χ0) is 13.1. The van der Waals surface area contributed by atoms with E-state index < -0.39 is 11.4 Å². The second kappa shape index (κ2) is 5.46. The van der Waals surface area contributed by atoms with E-state index in [0.717, 1.165) is 18.2 Å². The van der Waals surface area contributed by atoms with Crippen molar-refractivity contribution in [2.45, 2.75) is 19.3 Å². The molecule has 0 atom stereocenters. The molecule has 6 heteroatoms. The molecule has 0 radical (unpaired) electrons. The van der Waals surface area contributed by atoms with E-state index in [1.165, 1.54) is 11.3 Å². The maximum atomic E-state index is 11.1. The van der Waals surface area contributed by atoms with E-state index in [1.807, 2.05) is 14.1 Å². The van der Waals surface area contributed by atoms with Crippen molar-refractivity contribution in [3.05, 3.63) is 11.1 Å². The van der Waals surface area contributed by atoms with Gasteiger partial charge in [0.2, 0.25) is 0 Å². The van der Waals surface area contributed by atoms with Crippen molar-refractivity contribution in [2.24, 2.45) is 0 Å². The topological polar surface area (TPSA) is 65.5 Å². The molecule has 96 valence electrons. The van der Waals surface area contributed by atoms with E-state index in [-0.39, 0.29) is 0 Å². The Kier molecular flexibility index (Phi) is 4.47. The summed E-state index contributed by atoms with van der Waals surface area (Å²) in [6, 6.07) is 0. The van der Waals surface area contributed by atoms with Crippen LogP contribution < -0.4 is 5.32 Å². The summed E-state index contributed by atoms with van der Waals surface area (Å²) in [6.45, 7) is 5.03. The number of aromatic nitrogens is 1. The zero-order valence-electron chi connectivity index (χ0n) is 10.6. The molecule has 5 nitrogen and oxygen atoms in total. The van der Waals surface area contributed by atoms with Crippen molar-refractivity contribution in [2.75, 3.05) is 32.5 Å². The molecule has 0 bridgehead atoms. The predicted octanol–water partition coefficient (Wildman–Crippen LogP) is 1.48. The van der Waals surface area contributed by atoms with Gasteiger partial charge < -0.3 is 15.3 Å². The molecule has 0 amide bonds. The quantitative estimate of drug-likeness (QED) is 0.808. The lowest BCUT2D eigenvalue weighted by Gasteiger charge is -2.15. The number of hydrogen-bond donors (Lipinski definition) is 2. The summed E-state index contributed by atoms with van der Waals surface area (Å²) >= 11 is 1.44. The molecule has 0 spiro atoms. The van der Waals surface area contributed by atoms with Crippen LogP contribution in [0, 0.1) is 0 Å². The number of hydrogen-bond acceptors (Lipinski definition) is 5. The van der Waals surface area contributed by atoms with Gasteiger partial charge in [-0.05, 0) is 27.9 Å². The van der Waals surface area contributed by atoms with Crippen molar-refractivity contribution in [3.63, 3.8) is 0 Å². The van der Waals surface area contributed by atoms with Crippen LogP contribution in [0.3, 0.4) is 0 Å². The molecule has 2 N–H and O–H groups in total. The maximum Gasteiger partial charge on any atom is 0.315 e. The summed E-state index contributed by atoms with van der Waals surface area (Å²) < 4.78 is 0. The molecular weight excluding hydrogens is 238 g/mol. The van der Waals surface area contributed by atoms with Crippen LogP contribution >= 0.6 is 11.3 Å². The molecule has 0 aliphatic rings. The van der Waals surface area contributed by atoms with Gasteiger partial charge >= 0.3 is 5.97 Å². The summed E-state index contributed by atoms with van der Waals surface area (Å²) in [5.74, 6) is -0.859. The van der Waals surface area contributed by atoms with Crippen LogP contribution in [0.25, 0.3) is 0 Å². The van der Waals surface area contributed by atoms with Gasteiger partial charge in [0.25, 0.3) is 0 Å². The van der Waals surface area contributed by atoms with Gasteiger partial charge in [0.05, 0.1) is 5.69 Å². The smallest absolute Gasteiger partial charge is 0.315 e. The fourth-order valence-electron chi connectivity index (χ4n) is 1.14. The standard InChI is InChI=1S/C11H19N3O2S/c1-11(2,9(15)16)8-7-17-10(13-8)12-5-6-14(3)4/h7H,5-6H2,1-4H3,(H,12,13)(H,15,16). The van der Waals surface area contributed by atoms with Crippen LogP contribution in [0.2, 0.25) is 0 Å². The minimum atomic E-state index is -0.933. The van der Waals surface area contributed by atoms with E-state index >= 15 is 0 Å². The van der Waals surface area contributed by atoms with Crippen LogP contribution in [0.1, 0.15) is 19.5 Å². The first kappa shape index (κ1) is 13.9. The first-order valence-electron chi connectivity index (χ1n) is 5.42. The monoisotopic (exact) mass is 257 g/mol. The number of rotatable bonds is 6. The van der Waals surface area contributed by atoms with Gasteiger partial charge in [0.1, 0.15) is 5.41 Å². The van der Waals surface area contributed by atoms with E-state index in [4.69, 9.17) is 5.11 Å². The van der Waals surface area contributed by atoms with Crippen molar-refractivity contribution in [1.29, 1.82) is 0 Å². The highest BCUT2D eigenvalue weighted by Gasteiger charge is 2.32. The summed E-state index contributed by atoms with van der Waals surface area (Å²) in [5, 5.41) is 14.8. The van der Waals surface area contributed by atoms with Crippen LogP contribution in [0.15, 0.2) is 5.38 Å². The Morgan fingerprint density at radius 1 is 1.59 bits per heavy atom. The molecule has 0 aliphatic heterocycles. The van der Waals surface area contributed by atoms with Gasteiger partial charge in [0, 0.05) is 18.5 Å². The minimum absolute atomic E-state index is 0.599. The highest BCUT2D eigenvalue weighted by atomic mass is 32.1. The van der Waals surface area contributed by atoms with E-state index in [9.17, 15) is 4.79 Å².